The monoisotopic (exact) mass is 388 g/mol. The van der Waals surface area contributed by atoms with Crippen LogP contribution in [-0.4, -0.2) is 35.5 Å². The van der Waals surface area contributed by atoms with Crippen molar-refractivity contribution < 1.29 is 28.1 Å². The largest absolute Gasteiger partial charge is 0.496 e. The van der Waals surface area contributed by atoms with Crippen LogP contribution >= 0.6 is 12.2 Å². The average molecular weight is 388 g/mol. The standard InChI is InChI=1S/C20H20O6S/c1-21-12-9-15(24-4)17-16(10-12)26-18(19(25-5)20(17)27)11-6-7-13(22-2)14(8-11)23-3/h6-10H,1-5H3. The molecule has 1 aromatic heterocycles. The Morgan fingerprint density at radius 2 is 1.44 bits per heavy atom. The molecule has 142 valence electrons. The van der Waals surface area contributed by atoms with Gasteiger partial charge < -0.3 is 28.1 Å². The van der Waals surface area contributed by atoms with E-state index in [-0.39, 0.29) is 0 Å². The molecule has 27 heavy (non-hydrogen) atoms. The summed E-state index contributed by atoms with van der Waals surface area (Å²) in [5, 5.41) is 0.648. The van der Waals surface area contributed by atoms with Gasteiger partial charge in [0.05, 0.1) is 45.4 Å². The maximum atomic E-state index is 6.16. The Morgan fingerprint density at radius 3 is 2.04 bits per heavy atom. The molecule has 0 unspecified atom stereocenters. The van der Waals surface area contributed by atoms with Crippen molar-refractivity contribution in [3.8, 4) is 40.1 Å². The normalized spacial score (nSPS) is 10.6. The van der Waals surface area contributed by atoms with Crippen LogP contribution in [0.1, 0.15) is 0 Å². The lowest BCUT2D eigenvalue weighted by molar-refractivity contribution is 0.355. The lowest BCUT2D eigenvalue weighted by Crippen LogP contribution is -1.95. The van der Waals surface area contributed by atoms with E-state index in [1.165, 1.54) is 0 Å². The van der Waals surface area contributed by atoms with Crippen LogP contribution in [-0.2, 0) is 0 Å². The summed E-state index contributed by atoms with van der Waals surface area (Å²) in [6.45, 7) is 0. The molecule has 0 aliphatic rings. The maximum absolute atomic E-state index is 6.16. The second-order valence-electron chi connectivity index (χ2n) is 5.57. The molecule has 0 aliphatic carbocycles. The molecule has 0 saturated carbocycles. The molecular weight excluding hydrogens is 368 g/mol. The molecule has 0 N–H and O–H groups in total. The molecule has 2 aromatic carbocycles. The molecule has 0 spiro atoms. The zero-order valence-electron chi connectivity index (χ0n) is 15.7. The third kappa shape index (κ3) is 3.26. The molecule has 0 amide bonds. The number of benzene rings is 2. The van der Waals surface area contributed by atoms with Crippen LogP contribution in [0, 0.1) is 4.51 Å². The van der Waals surface area contributed by atoms with Crippen LogP contribution in [0.2, 0.25) is 0 Å². The van der Waals surface area contributed by atoms with E-state index in [4.69, 9.17) is 40.3 Å². The summed E-state index contributed by atoms with van der Waals surface area (Å²) in [6, 6.07) is 8.96. The molecule has 0 fully saturated rings. The SMILES string of the molecule is COc1cc(OC)c2c(=S)c(OC)c(-c3ccc(OC)c(OC)c3)oc2c1. The van der Waals surface area contributed by atoms with Crippen molar-refractivity contribution in [2.45, 2.75) is 0 Å². The molecule has 0 atom stereocenters. The van der Waals surface area contributed by atoms with Crippen molar-refractivity contribution in [1.82, 2.24) is 0 Å². The van der Waals surface area contributed by atoms with E-state index in [1.54, 1.807) is 59.8 Å². The lowest BCUT2D eigenvalue weighted by atomic mass is 10.1. The van der Waals surface area contributed by atoms with E-state index in [1.807, 2.05) is 6.07 Å². The molecule has 0 aliphatic heterocycles. The van der Waals surface area contributed by atoms with Gasteiger partial charge in [-0.15, -0.1) is 0 Å². The topological polar surface area (TPSA) is 59.3 Å². The predicted octanol–water partition coefficient (Wildman–Crippen LogP) is 4.87. The van der Waals surface area contributed by atoms with Gasteiger partial charge in [0.2, 0.25) is 0 Å². The van der Waals surface area contributed by atoms with Crippen LogP contribution in [0.5, 0.6) is 28.7 Å². The first-order valence-electron chi connectivity index (χ1n) is 8.07. The Morgan fingerprint density at radius 1 is 0.741 bits per heavy atom. The average Bonchev–Trinajstić information content (AvgIpc) is 2.71. The van der Waals surface area contributed by atoms with Gasteiger partial charge in [-0.2, -0.15) is 0 Å². The number of ether oxygens (including phenoxy) is 5. The third-order valence-corrected chi connectivity index (χ3v) is 4.59. The third-order valence-electron chi connectivity index (χ3n) is 4.20. The summed E-state index contributed by atoms with van der Waals surface area (Å²) in [6.07, 6.45) is 0. The fourth-order valence-corrected chi connectivity index (χ4v) is 3.25. The lowest BCUT2D eigenvalue weighted by Gasteiger charge is -2.14. The van der Waals surface area contributed by atoms with Crippen molar-refractivity contribution in [2.75, 3.05) is 35.5 Å². The molecule has 0 saturated heterocycles. The summed E-state index contributed by atoms with van der Waals surface area (Å²) in [4.78, 5) is 0. The van der Waals surface area contributed by atoms with Crippen molar-refractivity contribution in [3.63, 3.8) is 0 Å². The highest BCUT2D eigenvalue weighted by Crippen LogP contribution is 2.42. The van der Waals surface area contributed by atoms with Gasteiger partial charge >= 0.3 is 0 Å². The molecular formula is C20H20O6S. The van der Waals surface area contributed by atoms with E-state index in [0.29, 0.717) is 50.0 Å². The van der Waals surface area contributed by atoms with Gasteiger partial charge in [0.25, 0.3) is 0 Å². The van der Waals surface area contributed by atoms with Gasteiger partial charge in [-0.05, 0) is 18.2 Å². The Balaban J connectivity index is 2.35. The van der Waals surface area contributed by atoms with E-state index in [2.05, 4.69) is 0 Å². The number of rotatable bonds is 6. The quantitative estimate of drug-likeness (QED) is 0.558. The Kier molecular flexibility index (Phi) is 5.41. The Bertz CT molecular complexity index is 1040. The smallest absolute Gasteiger partial charge is 0.181 e. The summed E-state index contributed by atoms with van der Waals surface area (Å²) >= 11 is 5.66. The zero-order valence-corrected chi connectivity index (χ0v) is 16.6. The van der Waals surface area contributed by atoms with Gasteiger partial charge in [-0.25, -0.2) is 0 Å². The highest BCUT2D eigenvalue weighted by atomic mass is 32.1. The molecule has 0 bridgehead atoms. The first-order chi connectivity index (χ1) is 13.1. The Labute approximate surface area is 162 Å². The molecule has 7 heteroatoms. The molecule has 1 heterocycles. The number of methoxy groups -OCH3 is 5. The number of hydrogen-bond donors (Lipinski definition) is 0. The predicted molar refractivity (Wildman–Crippen MR) is 105 cm³/mol. The van der Waals surface area contributed by atoms with Crippen LogP contribution in [0.4, 0.5) is 0 Å². The van der Waals surface area contributed by atoms with Gasteiger partial charge in [-0.3, -0.25) is 0 Å². The minimum absolute atomic E-state index is 0.438. The van der Waals surface area contributed by atoms with E-state index in [0.717, 1.165) is 5.56 Å². The van der Waals surface area contributed by atoms with Crippen molar-refractivity contribution in [3.05, 3.63) is 34.8 Å². The van der Waals surface area contributed by atoms with Crippen LogP contribution in [0.25, 0.3) is 22.3 Å². The summed E-state index contributed by atoms with van der Waals surface area (Å²) in [5.74, 6) is 3.25. The molecule has 3 rings (SSSR count). The minimum Gasteiger partial charge on any atom is -0.496 e. The van der Waals surface area contributed by atoms with Crippen LogP contribution < -0.4 is 23.7 Å². The fraction of sp³-hybridized carbons (Fsp3) is 0.250. The summed E-state index contributed by atoms with van der Waals surface area (Å²) in [7, 11) is 7.85. The van der Waals surface area contributed by atoms with Gasteiger partial charge in [-0.1, -0.05) is 12.2 Å². The second kappa shape index (κ2) is 7.75. The minimum atomic E-state index is 0.438. The highest BCUT2D eigenvalue weighted by molar-refractivity contribution is 7.71. The van der Waals surface area contributed by atoms with E-state index >= 15 is 0 Å². The van der Waals surface area contributed by atoms with Crippen molar-refractivity contribution in [1.29, 1.82) is 0 Å². The maximum Gasteiger partial charge on any atom is 0.181 e. The van der Waals surface area contributed by atoms with E-state index in [9.17, 15) is 0 Å². The second-order valence-corrected chi connectivity index (χ2v) is 5.97. The molecule has 6 nitrogen and oxygen atoms in total. The van der Waals surface area contributed by atoms with Gasteiger partial charge in [0.15, 0.2) is 23.0 Å². The molecule has 3 aromatic rings. The first-order valence-corrected chi connectivity index (χ1v) is 8.48. The van der Waals surface area contributed by atoms with Crippen LogP contribution in [0.15, 0.2) is 34.7 Å². The zero-order chi connectivity index (χ0) is 19.6. The van der Waals surface area contributed by atoms with Gasteiger partial charge in [0, 0.05) is 17.7 Å². The van der Waals surface area contributed by atoms with Crippen molar-refractivity contribution >= 4 is 23.2 Å². The summed E-state index contributed by atoms with van der Waals surface area (Å²) in [5.41, 5.74) is 1.26. The summed E-state index contributed by atoms with van der Waals surface area (Å²) < 4.78 is 33.7. The highest BCUT2D eigenvalue weighted by Gasteiger charge is 2.19. The van der Waals surface area contributed by atoms with E-state index < -0.39 is 0 Å². The number of hydrogen-bond acceptors (Lipinski definition) is 7. The Hall–Kier alpha value is -2.93. The van der Waals surface area contributed by atoms with Gasteiger partial charge in [0.1, 0.15) is 17.1 Å². The first kappa shape index (κ1) is 18.8. The fourth-order valence-electron chi connectivity index (χ4n) is 2.87. The molecule has 0 radical (unpaired) electrons. The van der Waals surface area contributed by atoms with Crippen LogP contribution in [0.3, 0.4) is 0 Å². The number of fused-ring (bicyclic) bond motifs is 1. The van der Waals surface area contributed by atoms with Crippen molar-refractivity contribution in [2.24, 2.45) is 0 Å².